The predicted molar refractivity (Wildman–Crippen MR) is 101 cm³/mol. The number of hydrogen-bond acceptors (Lipinski definition) is 5. The van der Waals surface area contributed by atoms with Crippen LogP contribution < -0.4 is 23.7 Å². The molecule has 3 aliphatic heterocycles. The molecule has 0 amide bonds. The zero-order valence-electron chi connectivity index (χ0n) is 15.9. The SMILES string of the molecule is COc1ccc2c(c1)O[C@H]1c3c(cc4c(c3OC)C=CC(C)(C)O4)OC[C@@H]21. The minimum Gasteiger partial charge on any atom is -0.497 e. The van der Waals surface area contributed by atoms with Crippen LogP contribution in [0.2, 0.25) is 0 Å². The predicted octanol–water partition coefficient (Wildman–Crippen LogP) is 4.50. The molecule has 0 saturated heterocycles. The Morgan fingerprint density at radius 2 is 1.89 bits per heavy atom. The number of hydrogen-bond donors (Lipinski definition) is 0. The van der Waals surface area contributed by atoms with Crippen LogP contribution in [0.15, 0.2) is 30.3 Å². The van der Waals surface area contributed by atoms with Crippen molar-refractivity contribution in [1.82, 2.24) is 0 Å². The molecule has 0 radical (unpaired) electrons. The van der Waals surface area contributed by atoms with Gasteiger partial charge in [0.1, 0.15) is 40.5 Å². The molecule has 3 heterocycles. The van der Waals surface area contributed by atoms with Gasteiger partial charge in [0.15, 0.2) is 0 Å². The van der Waals surface area contributed by atoms with Crippen LogP contribution in [-0.2, 0) is 0 Å². The standard InChI is InChI=1S/C22H22O5/c1-22(2)8-7-14-17(27-22)10-18-19(20(14)24-4)21-15(11-25-18)13-6-5-12(23-3)9-16(13)26-21/h5-10,15,21H,11H2,1-4H3/t15-,21+/m0/s1. The summed E-state index contributed by atoms with van der Waals surface area (Å²) in [6.45, 7) is 4.61. The van der Waals surface area contributed by atoms with Crippen LogP contribution >= 0.6 is 0 Å². The number of methoxy groups -OCH3 is 2. The summed E-state index contributed by atoms with van der Waals surface area (Å²) in [6.07, 6.45) is 3.95. The molecule has 5 nitrogen and oxygen atoms in total. The van der Waals surface area contributed by atoms with Gasteiger partial charge in [-0.25, -0.2) is 0 Å². The molecular weight excluding hydrogens is 344 g/mol. The van der Waals surface area contributed by atoms with Crippen molar-refractivity contribution in [3.05, 3.63) is 47.0 Å². The first kappa shape index (κ1) is 16.4. The first-order valence-corrected chi connectivity index (χ1v) is 9.11. The first-order chi connectivity index (χ1) is 13.0. The molecule has 2 aromatic carbocycles. The Hall–Kier alpha value is -2.82. The Labute approximate surface area is 158 Å². The molecule has 140 valence electrons. The van der Waals surface area contributed by atoms with Crippen molar-refractivity contribution in [1.29, 1.82) is 0 Å². The fraction of sp³-hybridized carbons (Fsp3) is 0.364. The lowest BCUT2D eigenvalue weighted by Crippen LogP contribution is -2.29. The molecule has 0 bridgehead atoms. The molecule has 0 N–H and O–H groups in total. The third-order valence-corrected chi connectivity index (χ3v) is 5.45. The van der Waals surface area contributed by atoms with Crippen LogP contribution in [0.3, 0.4) is 0 Å². The van der Waals surface area contributed by atoms with Crippen LogP contribution in [0.25, 0.3) is 6.08 Å². The topological polar surface area (TPSA) is 46.2 Å². The van der Waals surface area contributed by atoms with Gasteiger partial charge in [-0.15, -0.1) is 0 Å². The lowest BCUT2D eigenvalue weighted by Gasteiger charge is -2.34. The molecule has 5 rings (SSSR count). The summed E-state index contributed by atoms with van der Waals surface area (Å²) >= 11 is 0. The number of rotatable bonds is 2. The van der Waals surface area contributed by atoms with E-state index in [-0.39, 0.29) is 17.6 Å². The van der Waals surface area contributed by atoms with Gasteiger partial charge in [0.05, 0.1) is 37.9 Å². The first-order valence-electron chi connectivity index (χ1n) is 9.11. The highest BCUT2D eigenvalue weighted by atomic mass is 16.5. The molecule has 3 aliphatic rings. The van der Waals surface area contributed by atoms with Crippen molar-refractivity contribution in [3.63, 3.8) is 0 Å². The van der Waals surface area contributed by atoms with E-state index in [2.05, 4.69) is 12.1 Å². The molecule has 5 heteroatoms. The summed E-state index contributed by atoms with van der Waals surface area (Å²) in [5.41, 5.74) is 2.65. The maximum absolute atomic E-state index is 6.35. The van der Waals surface area contributed by atoms with Crippen LogP contribution in [0.4, 0.5) is 0 Å². The average molecular weight is 366 g/mol. The van der Waals surface area contributed by atoms with E-state index < -0.39 is 0 Å². The molecule has 0 unspecified atom stereocenters. The monoisotopic (exact) mass is 366 g/mol. The lowest BCUT2D eigenvalue weighted by molar-refractivity contribution is 0.130. The smallest absolute Gasteiger partial charge is 0.141 e. The third kappa shape index (κ3) is 2.37. The van der Waals surface area contributed by atoms with Gasteiger partial charge >= 0.3 is 0 Å². The fourth-order valence-electron chi connectivity index (χ4n) is 4.14. The number of ether oxygens (including phenoxy) is 5. The summed E-state index contributed by atoms with van der Waals surface area (Å²) in [4.78, 5) is 0. The Morgan fingerprint density at radius 1 is 1.04 bits per heavy atom. The molecular formula is C22H22O5. The van der Waals surface area contributed by atoms with E-state index in [1.54, 1.807) is 14.2 Å². The van der Waals surface area contributed by atoms with E-state index in [0.29, 0.717) is 6.61 Å². The van der Waals surface area contributed by atoms with Gasteiger partial charge in [-0.1, -0.05) is 6.07 Å². The Balaban J connectivity index is 1.64. The molecule has 0 saturated carbocycles. The van der Waals surface area contributed by atoms with Crippen LogP contribution in [0, 0.1) is 0 Å². The highest BCUT2D eigenvalue weighted by Crippen LogP contribution is 2.56. The molecule has 0 spiro atoms. The molecule has 2 atom stereocenters. The van der Waals surface area contributed by atoms with Crippen LogP contribution in [0.5, 0.6) is 28.7 Å². The van der Waals surface area contributed by atoms with E-state index in [1.165, 1.54) is 0 Å². The second kappa shape index (κ2) is 5.59. The maximum Gasteiger partial charge on any atom is 0.141 e. The highest BCUT2D eigenvalue weighted by molar-refractivity contribution is 5.73. The van der Waals surface area contributed by atoms with E-state index >= 15 is 0 Å². The Bertz CT molecular complexity index is 960. The van der Waals surface area contributed by atoms with E-state index in [1.807, 2.05) is 38.1 Å². The van der Waals surface area contributed by atoms with E-state index in [4.69, 9.17) is 23.7 Å². The fourth-order valence-corrected chi connectivity index (χ4v) is 4.14. The third-order valence-electron chi connectivity index (χ3n) is 5.45. The molecule has 27 heavy (non-hydrogen) atoms. The molecule has 0 fully saturated rings. The largest absolute Gasteiger partial charge is 0.497 e. The summed E-state index contributed by atoms with van der Waals surface area (Å²) in [7, 11) is 3.34. The highest BCUT2D eigenvalue weighted by Gasteiger charge is 2.44. The zero-order valence-corrected chi connectivity index (χ0v) is 15.9. The molecule has 0 aliphatic carbocycles. The van der Waals surface area contributed by atoms with Crippen molar-refractivity contribution < 1.29 is 23.7 Å². The average Bonchev–Trinajstić information content (AvgIpc) is 3.02. The van der Waals surface area contributed by atoms with Crippen LogP contribution in [0.1, 0.15) is 42.6 Å². The summed E-state index contributed by atoms with van der Waals surface area (Å²) in [6, 6.07) is 7.91. The van der Waals surface area contributed by atoms with Gasteiger partial charge in [0.25, 0.3) is 0 Å². The van der Waals surface area contributed by atoms with Crippen molar-refractivity contribution in [3.8, 4) is 28.7 Å². The minimum absolute atomic E-state index is 0.121. The van der Waals surface area contributed by atoms with Gasteiger partial charge in [-0.05, 0) is 32.1 Å². The summed E-state index contributed by atoms with van der Waals surface area (Å²) in [5, 5.41) is 0. The van der Waals surface area contributed by atoms with Crippen molar-refractivity contribution >= 4 is 6.08 Å². The summed E-state index contributed by atoms with van der Waals surface area (Å²) in [5.74, 6) is 4.03. The van der Waals surface area contributed by atoms with Gasteiger partial charge in [-0.3, -0.25) is 0 Å². The quantitative estimate of drug-likeness (QED) is 0.783. The van der Waals surface area contributed by atoms with Gasteiger partial charge < -0.3 is 23.7 Å². The van der Waals surface area contributed by atoms with Crippen LogP contribution in [-0.4, -0.2) is 26.4 Å². The van der Waals surface area contributed by atoms with E-state index in [9.17, 15) is 0 Å². The molecule has 2 aromatic rings. The van der Waals surface area contributed by atoms with Crippen molar-refractivity contribution in [2.75, 3.05) is 20.8 Å². The van der Waals surface area contributed by atoms with Gasteiger partial charge in [0, 0.05) is 17.7 Å². The minimum atomic E-state index is -0.361. The zero-order chi connectivity index (χ0) is 18.8. The molecule has 0 aromatic heterocycles. The van der Waals surface area contributed by atoms with Gasteiger partial charge in [-0.2, -0.15) is 0 Å². The Kier molecular flexibility index (Phi) is 3.39. The van der Waals surface area contributed by atoms with Gasteiger partial charge in [0.2, 0.25) is 0 Å². The Morgan fingerprint density at radius 3 is 2.67 bits per heavy atom. The van der Waals surface area contributed by atoms with Crippen molar-refractivity contribution in [2.24, 2.45) is 0 Å². The number of fused-ring (bicyclic) bond motifs is 6. The second-order valence-electron chi connectivity index (χ2n) is 7.63. The van der Waals surface area contributed by atoms with E-state index in [0.717, 1.165) is 45.4 Å². The lowest BCUT2D eigenvalue weighted by atomic mass is 9.87. The maximum atomic E-state index is 6.35. The number of benzene rings is 2. The second-order valence-corrected chi connectivity index (χ2v) is 7.63. The normalized spacial score (nSPS) is 23.0. The summed E-state index contributed by atoms with van der Waals surface area (Å²) < 4.78 is 29.8. The van der Waals surface area contributed by atoms with Crippen molar-refractivity contribution in [2.45, 2.75) is 31.5 Å².